The van der Waals surface area contributed by atoms with Crippen LogP contribution in [0.4, 0.5) is 0 Å². The molecule has 0 aliphatic heterocycles. The van der Waals surface area contributed by atoms with E-state index in [4.69, 9.17) is 10.2 Å². The first-order valence-electron chi connectivity index (χ1n) is 11.2. The van der Waals surface area contributed by atoms with Crippen molar-refractivity contribution in [2.75, 3.05) is 26.4 Å². The number of aliphatic hydroxyl groups is 4. The molecule has 30 heavy (non-hydrogen) atoms. The monoisotopic (exact) mass is 416 g/mol. The lowest BCUT2D eigenvalue weighted by Gasteiger charge is -2.13. The lowest BCUT2D eigenvalue weighted by molar-refractivity contribution is 0.209. The van der Waals surface area contributed by atoms with Crippen LogP contribution in [0.15, 0.2) is 60.7 Å². The molecule has 0 radical (unpaired) electrons. The van der Waals surface area contributed by atoms with Gasteiger partial charge in [-0.3, -0.25) is 0 Å². The number of benzene rings is 2. The zero-order valence-corrected chi connectivity index (χ0v) is 18.2. The maximum absolute atomic E-state index is 9.22. The first-order valence-corrected chi connectivity index (χ1v) is 11.2. The summed E-state index contributed by atoms with van der Waals surface area (Å²) < 4.78 is 0. The van der Waals surface area contributed by atoms with Crippen molar-refractivity contribution in [2.45, 2.75) is 51.4 Å². The Morgan fingerprint density at radius 2 is 0.867 bits per heavy atom. The van der Waals surface area contributed by atoms with E-state index >= 15 is 0 Å². The summed E-state index contributed by atoms with van der Waals surface area (Å²) in [6, 6.07) is 20.5. The molecular weight excluding hydrogens is 376 g/mol. The zero-order valence-electron chi connectivity index (χ0n) is 18.2. The van der Waals surface area contributed by atoms with Gasteiger partial charge in [-0.2, -0.15) is 0 Å². The predicted octanol–water partition coefficient (Wildman–Crippen LogP) is 4.00. The Balaban J connectivity index is 0.000000300. The number of hydrogen-bond donors (Lipinski definition) is 4. The summed E-state index contributed by atoms with van der Waals surface area (Å²) in [6.45, 7) is 0.980. The standard InChI is InChI=1S/2C13H20O2/c2*14-9-5-4-8-13(11-15)10-12-6-2-1-3-7-12/h2*1-3,6-7,13-15H,4-5,8-11H2/t2*13-/m10/s1. The molecule has 168 valence electrons. The third-order valence-electron chi connectivity index (χ3n) is 5.29. The summed E-state index contributed by atoms with van der Waals surface area (Å²) in [4.78, 5) is 0. The van der Waals surface area contributed by atoms with Crippen LogP contribution in [0.5, 0.6) is 0 Å². The lowest BCUT2D eigenvalue weighted by atomic mass is 9.95. The van der Waals surface area contributed by atoms with Crippen LogP contribution < -0.4 is 0 Å². The van der Waals surface area contributed by atoms with Crippen LogP contribution in [0.2, 0.25) is 0 Å². The summed E-state index contributed by atoms with van der Waals surface area (Å²) in [7, 11) is 0. The maximum Gasteiger partial charge on any atom is 0.0462 e. The van der Waals surface area contributed by atoms with Crippen LogP contribution in [0.3, 0.4) is 0 Å². The fourth-order valence-electron chi connectivity index (χ4n) is 3.50. The molecule has 0 aliphatic rings. The van der Waals surface area contributed by atoms with E-state index in [2.05, 4.69) is 24.3 Å². The fourth-order valence-corrected chi connectivity index (χ4v) is 3.50. The SMILES string of the molecule is OCCCC[C@@H](CO)Cc1ccccc1.OCCCC[C@H](CO)Cc1ccccc1. The molecule has 0 fully saturated rings. The van der Waals surface area contributed by atoms with Crippen molar-refractivity contribution in [3.63, 3.8) is 0 Å². The number of aliphatic hydroxyl groups excluding tert-OH is 4. The molecule has 2 rings (SSSR count). The number of hydrogen-bond acceptors (Lipinski definition) is 4. The van der Waals surface area contributed by atoms with Crippen molar-refractivity contribution in [1.29, 1.82) is 0 Å². The Morgan fingerprint density at radius 1 is 0.500 bits per heavy atom. The van der Waals surface area contributed by atoms with Gasteiger partial charge in [0, 0.05) is 26.4 Å². The second-order valence-electron chi connectivity index (χ2n) is 7.92. The summed E-state index contributed by atoms with van der Waals surface area (Å²) in [5.41, 5.74) is 2.56. The van der Waals surface area contributed by atoms with Crippen LogP contribution in [0.25, 0.3) is 0 Å². The molecule has 0 aliphatic carbocycles. The number of rotatable bonds is 14. The van der Waals surface area contributed by atoms with Crippen LogP contribution in [-0.2, 0) is 12.8 Å². The Kier molecular flexibility index (Phi) is 15.9. The third-order valence-corrected chi connectivity index (χ3v) is 5.29. The minimum atomic E-state index is 0.236. The highest BCUT2D eigenvalue weighted by Crippen LogP contribution is 2.15. The minimum absolute atomic E-state index is 0.236. The minimum Gasteiger partial charge on any atom is -0.396 e. The van der Waals surface area contributed by atoms with E-state index in [0.29, 0.717) is 11.8 Å². The van der Waals surface area contributed by atoms with Crippen molar-refractivity contribution in [2.24, 2.45) is 11.8 Å². The molecule has 0 unspecified atom stereocenters. The summed E-state index contributed by atoms with van der Waals surface area (Å²) in [6.07, 6.45) is 7.52. The zero-order chi connectivity index (χ0) is 21.9. The van der Waals surface area contributed by atoms with Crippen molar-refractivity contribution in [3.8, 4) is 0 Å². The van der Waals surface area contributed by atoms with Crippen molar-refractivity contribution >= 4 is 0 Å². The molecule has 0 aromatic heterocycles. The molecule has 0 heterocycles. The number of unbranched alkanes of at least 4 members (excludes halogenated alkanes) is 2. The Labute approximate surface area is 182 Å². The molecule has 0 spiro atoms. The van der Waals surface area contributed by atoms with Gasteiger partial charge in [-0.15, -0.1) is 0 Å². The van der Waals surface area contributed by atoms with E-state index in [1.807, 2.05) is 36.4 Å². The molecule has 4 N–H and O–H groups in total. The van der Waals surface area contributed by atoms with Gasteiger partial charge in [0.1, 0.15) is 0 Å². The van der Waals surface area contributed by atoms with Gasteiger partial charge in [-0.05, 0) is 61.5 Å². The molecule has 0 bridgehead atoms. The highest BCUT2D eigenvalue weighted by atomic mass is 16.3. The van der Waals surface area contributed by atoms with Gasteiger partial charge >= 0.3 is 0 Å². The van der Waals surface area contributed by atoms with Gasteiger partial charge in [0.05, 0.1) is 0 Å². The molecule has 2 aromatic carbocycles. The van der Waals surface area contributed by atoms with Crippen molar-refractivity contribution in [1.82, 2.24) is 0 Å². The van der Waals surface area contributed by atoms with Crippen LogP contribution in [-0.4, -0.2) is 46.9 Å². The quantitative estimate of drug-likeness (QED) is 0.351. The average molecular weight is 417 g/mol. The van der Waals surface area contributed by atoms with E-state index < -0.39 is 0 Å². The predicted molar refractivity (Wildman–Crippen MR) is 123 cm³/mol. The third kappa shape index (κ3) is 12.8. The first-order chi connectivity index (χ1) is 14.7. The van der Waals surface area contributed by atoms with Gasteiger partial charge in [-0.25, -0.2) is 0 Å². The van der Waals surface area contributed by atoms with Crippen LogP contribution in [0, 0.1) is 11.8 Å². The molecule has 2 atom stereocenters. The second kappa shape index (κ2) is 18.1. The van der Waals surface area contributed by atoms with E-state index in [0.717, 1.165) is 51.4 Å². The highest BCUT2D eigenvalue weighted by Gasteiger charge is 2.08. The lowest BCUT2D eigenvalue weighted by Crippen LogP contribution is -2.09. The molecule has 0 saturated heterocycles. The van der Waals surface area contributed by atoms with E-state index in [1.54, 1.807) is 0 Å². The van der Waals surface area contributed by atoms with Gasteiger partial charge in [0.15, 0.2) is 0 Å². The van der Waals surface area contributed by atoms with Gasteiger partial charge in [0.2, 0.25) is 0 Å². The molecule has 0 saturated carbocycles. The summed E-state index contributed by atoms with van der Waals surface area (Å²) in [5, 5.41) is 35.8. The Hall–Kier alpha value is -1.72. The van der Waals surface area contributed by atoms with Crippen molar-refractivity contribution < 1.29 is 20.4 Å². The second-order valence-corrected chi connectivity index (χ2v) is 7.92. The van der Waals surface area contributed by atoms with Gasteiger partial charge in [-0.1, -0.05) is 73.5 Å². The molecular formula is C26H40O4. The maximum atomic E-state index is 9.22. The largest absolute Gasteiger partial charge is 0.396 e. The average Bonchev–Trinajstić information content (AvgIpc) is 2.80. The van der Waals surface area contributed by atoms with Gasteiger partial charge in [0.25, 0.3) is 0 Å². The Bertz CT molecular complexity index is 547. The van der Waals surface area contributed by atoms with Crippen LogP contribution >= 0.6 is 0 Å². The first kappa shape index (κ1) is 26.3. The van der Waals surface area contributed by atoms with Crippen LogP contribution in [0.1, 0.15) is 49.7 Å². The van der Waals surface area contributed by atoms with E-state index in [-0.39, 0.29) is 26.4 Å². The Morgan fingerprint density at radius 3 is 1.17 bits per heavy atom. The topological polar surface area (TPSA) is 80.9 Å². The normalized spacial score (nSPS) is 12.7. The summed E-state index contributed by atoms with van der Waals surface area (Å²) in [5.74, 6) is 0.665. The molecule has 4 nitrogen and oxygen atoms in total. The van der Waals surface area contributed by atoms with Gasteiger partial charge < -0.3 is 20.4 Å². The highest BCUT2D eigenvalue weighted by molar-refractivity contribution is 5.15. The molecule has 2 aromatic rings. The summed E-state index contributed by atoms with van der Waals surface area (Å²) >= 11 is 0. The van der Waals surface area contributed by atoms with E-state index in [1.165, 1.54) is 11.1 Å². The molecule has 0 amide bonds. The van der Waals surface area contributed by atoms with Crippen molar-refractivity contribution in [3.05, 3.63) is 71.8 Å². The molecule has 4 heteroatoms. The van der Waals surface area contributed by atoms with E-state index in [9.17, 15) is 10.2 Å². The fraction of sp³-hybridized carbons (Fsp3) is 0.538. The smallest absolute Gasteiger partial charge is 0.0462 e.